The van der Waals surface area contributed by atoms with Gasteiger partial charge >= 0.3 is 18.0 Å². The molecule has 0 aromatic carbocycles. The summed E-state index contributed by atoms with van der Waals surface area (Å²) in [5.41, 5.74) is -2.56. The van der Waals surface area contributed by atoms with Gasteiger partial charge in [0.05, 0.1) is 5.75 Å². The molecule has 0 saturated carbocycles. The first-order chi connectivity index (χ1) is 14.2. The number of aliphatic carboxylic acids is 1. The third-order valence-electron chi connectivity index (χ3n) is 6.71. The predicted octanol–water partition coefficient (Wildman–Crippen LogP) is 5.44. The number of quaternary nitrogens is 1. The van der Waals surface area contributed by atoms with E-state index in [0.717, 1.165) is 12.8 Å². The summed E-state index contributed by atoms with van der Waals surface area (Å²) in [5.74, 6) is -0.364. The Labute approximate surface area is 197 Å². The summed E-state index contributed by atoms with van der Waals surface area (Å²) in [6, 6.07) is 0. The van der Waals surface area contributed by atoms with Crippen molar-refractivity contribution in [1.29, 1.82) is 0 Å². The van der Waals surface area contributed by atoms with E-state index in [-0.39, 0.29) is 12.2 Å². The van der Waals surface area contributed by atoms with Crippen LogP contribution in [0.4, 0.5) is 4.79 Å². The number of carboxylic acids is 1. The first kappa shape index (κ1) is 26.7. The fourth-order valence-corrected chi connectivity index (χ4v) is 9.99. The second-order valence-electron chi connectivity index (χ2n) is 9.82. The zero-order valence-electron chi connectivity index (χ0n) is 19.3. The number of thioether (sulfide) groups is 1. The molecule has 2 aliphatic heterocycles. The number of hydrogen-bond acceptors (Lipinski definition) is 7. The van der Waals surface area contributed by atoms with E-state index in [1.165, 1.54) is 30.9 Å². The fraction of sp³-hybridized carbons (Fsp3) is 0.857. The smallest absolute Gasteiger partial charge is 0.477 e. The topological polar surface area (TPSA) is 101 Å². The number of ether oxygens (including phenoxy) is 1. The highest BCUT2D eigenvalue weighted by atomic mass is 33.1. The van der Waals surface area contributed by atoms with Crippen molar-refractivity contribution in [3.8, 4) is 0 Å². The van der Waals surface area contributed by atoms with Crippen LogP contribution in [0.5, 0.6) is 0 Å². The number of amides is 1. The van der Waals surface area contributed by atoms with Gasteiger partial charge in [0.1, 0.15) is 0 Å². The number of nitrogens with zero attached hydrogens (tertiary/aromatic N) is 1. The third-order valence-corrected chi connectivity index (χ3v) is 11.3. The molecule has 0 aliphatic carbocycles. The van der Waals surface area contributed by atoms with Crippen molar-refractivity contribution >= 4 is 51.4 Å². The van der Waals surface area contributed by atoms with Gasteiger partial charge in [-0.15, -0.1) is 0 Å². The fourth-order valence-electron chi connectivity index (χ4n) is 5.05. The minimum atomic E-state index is -1.66. The lowest BCUT2D eigenvalue weighted by Crippen LogP contribution is -2.80. The van der Waals surface area contributed by atoms with Crippen LogP contribution in [0.25, 0.3) is 0 Å². The molecular weight excluding hydrogens is 458 g/mol. The number of carboxylic acid groups (broad SMARTS) is 2. The van der Waals surface area contributed by atoms with Gasteiger partial charge in [0.15, 0.2) is 4.87 Å². The zero-order valence-corrected chi connectivity index (χ0v) is 21.8. The van der Waals surface area contributed by atoms with Gasteiger partial charge in [-0.25, -0.2) is 4.79 Å². The molecule has 31 heavy (non-hydrogen) atoms. The van der Waals surface area contributed by atoms with E-state index in [4.69, 9.17) is 4.74 Å². The Morgan fingerprint density at radius 1 is 1.19 bits per heavy atom. The molecule has 0 aromatic heterocycles. The SMILES string of the molecule is CC(OC(=O)CCCC[C@@H]1CCSS1)[N+]1(C(=O)O)C(C)(C)SC[C@@]1(C(=O)O)C(C)(C)C. The van der Waals surface area contributed by atoms with Crippen LogP contribution in [-0.2, 0) is 14.3 Å². The molecule has 2 heterocycles. The van der Waals surface area contributed by atoms with Gasteiger partial charge in [-0.2, -0.15) is 9.28 Å². The van der Waals surface area contributed by atoms with E-state index >= 15 is 0 Å². The number of unbranched alkanes of at least 4 members (excludes halogenated alkanes) is 1. The van der Waals surface area contributed by atoms with Crippen LogP contribution in [0.1, 0.15) is 73.6 Å². The Balaban J connectivity index is 2.23. The normalized spacial score (nSPS) is 31.4. The summed E-state index contributed by atoms with van der Waals surface area (Å²) in [6.07, 6.45) is 1.63. The average Bonchev–Trinajstić information content (AvgIpc) is 3.22. The van der Waals surface area contributed by atoms with Crippen LogP contribution in [0.2, 0.25) is 0 Å². The summed E-state index contributed by atoms with van der Waals surface area (Å²) >= 11 is 1.30. The molecule has 2 N–H and O–H groups in total. The minimum Gasteiger partial charge on any atom is -0.477 e. The van der Waals surface area contributed by atoms with Crippen molar-refractivity contribution in [3.05, 3.63) is 0 Å². The maximum Gasteiger partial charge on any atom is 0.518 e. The van der Waals surface area contributed by atoms with Crippen LogP contribution < -0.4 is 0 Å². The maximum atomic E-state index is 12.8. The molecule has 1 amide bonds. The highest BCUT2D eigenvalue weighted by Crippen LogP contribution is 2.59. The number of hydrogen-bond donors (Lipinski definition) is 2. The quantitative estimate of drug-likeness (QED) is 0.198. The molecule has 4 atom stereocenters. The lowest BCUT2D eigenvalue weighted by Gasteiger charge is -2.54. The molecule has 0 spiro atoms. The maximum absolute atomic E-state index is 12.8. The summed E-state index contributed by atoms with van der Waals surface area (Å²) in [5, 5.41) is 21.5. The Hall–Kier alpha value is -0.580. The van der Waals surface area contributed by atoms with Gasteiger partial charge in [-0.1, -0.05) is 60.5 Å². The monoisotopic (exact) mass is 494 g/mol. The first-order valence-corrected chi connectivity index (χ1v) is 14.1. The molecule has 178 valence electrons. The van der Waals surface area contributed by atoms with Gasteiger partial charge in [-0.05, 0) is 19.3 Å². The van der Waals surface area contributed by atoms with Crippen molar-refractivity contribution < 1.29 is 33.8 Å². The summed E-state index contributed by atoms with van der Waals surface area (Å²) < 4.78 is 4.82. The van der Waals surface area contributed by atoms with E-state index < -0.39 is 44.6 Å². The lowest BCUT2D eigenvalue weighted by atomic mass is 9.71. The molecule has 0 radical (unpaired) electrons. The van der Waals surface area contributed by atoms with Crippen molar-refractivity contribution in [2.24, 2.45) is 5.41 Å². The molecular formula is C21H36NO6S3+. The second kappa shape index (κ2) is 9.73. The van der Waals surface area contributed by atoms with Crippen LogP contribution in [-0.4, -0.2) is 66.1 Å². The Morgan fingerprint density at radius 2 is 1.84 bits per heavy atom. The molecule has 2 fully saturated rings. The van der Waals surface area contributed by atoms with E-state index in [1.54, 1.807) is 34.6 Å². The van der Waals surface area contributed by atoms with E-state index in [2.05, 4.69) is 0 Å². The van der Waals surface area contributed by atoms with Gasteiger partial charge in [-0.3, -0.25) is 4.79 Å². The number of carbonyl (C=O) groups excluding carboxylic acids is 1. The highest BCUT2D eigenvalue weighted by molar-refractivity contribution is 8.77. The third kappa shape index (κ3) is 4.59. The van der Waals surface area contributed by atoms with E-state index in [0.29, 0.717) is 11.7 Å². The molecule has 2 aliphatic rings. The van der Waals surface area contributed by atoms with Gasteiger partial charge in [0.2, 0.25) is 11.8 Å². The van der Waals surface area contributed by atoms with Gasteiger partial charge in [0.25, 0.3) is 0 Å². The van der Waals surface area contributed by atoms with Crippen molar-refractivity contribution in [3.63, 3.8) is 0 Å². The van der Waals surface area contributed by atoms with E-state index in [9.17, 15) is 24.6 Å². The van der Waals surface area contributed by atoms with Crippen LogP contribution in [0.3, 0.4) is 0 Å². The molecule has 2 rings (SSSR count). The molecule has 0 aromatic rings. The highest BCUT2D eigenvalue weighted by Gasteiger charge is 2.80. The lowest BCUT2D eigenvalue weighted by molar-refractivity contribution is -0.965. The number of rotatable bonds is 8. The molecule has 0 bridgehead atoms. The standard InChI is InChI=1S/C21H35NO6S3/c1-14(28-16(23)10-8-7-9-15-11-12-30-31-15)22(18(26)27)20(5,6)29-13-21(22,17(24)25)19(2,3)4/h14-15H,7-13H2,1-6H3,(H-,24,25,26,27)/p+1/t14?,15-,21-,22?/m1/s1. The summed E-state index contributed by atoms with van der Waals surface area (Å²) in [6.45, 7) is 10.2. The van der Waals surface area contributed by atoms with Crippen LogP contribution >= 0.6 is 33.3 Å². The zero-order chi connectivity index (χ0) is 23.7. The minimum absolute atomic E-state index is 0.115. The van der Waals surface area contributed by atoms with Crippen LogP contribution in [0, 0.1) is 5.41 Å². The first-order valence-electron chi connectivity index (χ1n) is 10.7. The number of esters is 1. The molecule has 2 saturated heterocycles. The number of carbonyl (C=O) groups is 3. The largest absolute Gasteiger partial charge is 0.518 e. The predicted molar refractivity (Wildman–Crippen MR) is 127 cm³/mol. The second-order valence-corrected chi connectivity index (χ2v) is 14.2. The van der Waals surface area contributed by atoms with Crippen molar-refractivity contribution in [2.45, 2.75) is 95.5 Å². The molecule has 7 nitrogen and oxygen atoms in total. The Bertz CT molecular complexity index is 704. The van der Waals surface area contributed by atoms with Crippen LogP contribution in [0.15, 0.2) is 0 Å². The van der Waals surface area contributed by atoms with Crippen molar-refractivity contribution in [1.82, 2.24) is 0 Å². The molecule has 10 heteroatoms. The van der Waals surface area contributed by atoms with Gasteiger partial charge < -0.3 is 14.9 Å². The summed E-state index contributed by atoms with van der Waals surface area (Å²) in [4.78, 5) is 37.1. The van der Waals surface area contributed by atoms with Gasteiger partial charge in [0, 0.05) is 43.6 Å². The molecule has 2 unspecified atom stereocenters. The summed E-state index contributed by atoms with van der Waals surface area (Å²) in [7, 11) is 3.80. The average molecular weight is 495 g/mol. The van der Waals surface area contributed by atoms with Crippen molar-refractivity contribution in [2.75, 3.05) is 11.5 Å². The Kier molecular flexibility index (Phi) is 8.37. The Morgan fingerprint density at radius 3 is 2.32 bits per heavy atom. The van der Waals surface area contributed by atoms with E-state index in [1.807, 2.05) is 21.6 Å².